The number of likely N-dealkylation sites (tertiary alicyclic amines) is 1. The van der Waals surface area contributed by atoms with Crippen molar-refractivity contribution in [1.29, 1.82) is 0 Å². The zero-order chi connectivity index (χ0) is 15.3. The van der Waals surface area contributed by atoms with E-state index in [1.807, 2.05) is 29.2 Å². The first-order chi connectivity index (χ1) is 10.6. The van der Waals surface area contributed by atoms with Gasteiger partial charge in [-0.3, -0.25) is 4.79 Å². The van der Waals surface area contributed by atoms with Gasteiger partial charge >= 0.3 is 0 Å². The van der Waals surface area contributed by atoms with Crippen LogP contribution in [0.4, 0.5) is 0 Å². The fourth-order valence-corrected chi connectivity index (χ4v) is 3.77. The molecule has 0 spiro atoms. The molecule has 1 aromatic heterocycles. The number of fused-ring (bicyclic) bond motifs is 1. The molecule has 5 heteroatoms. The van der Waals surface area contributed by atoms with Crippen molar-refractivity contribution in [2.45, 2.75) is 31.3 Å². The van der Waals surface area contributed by atoms with Crippen LogP contribution in [0.2, 0.25) is 5.02 Å². The highest BCUT2D eigenvalue weighted by atomic mass is 35.5. The number of amides is 1. The SMILES string of the molecule is O=C(c1cc2c(Cl)cccc2[nH]1)N1CCCC(C2(O)CC2)C1. The van der Waals surface area contributed by atoms with Crippen molar-refractivity contribution in [2.75, 3.05) is 13.1 Å². The Labute approximate surface area is 134 Å². The molecule has 0 bridgehead atoms. The van der Waals surface area contributed by atoms with Crippen molar-refractivity contribution in [1.82, 2.24) is 9.88 Å². The zero-order valence-electron chi connectivity index (χ0n) is 12.3. The summed E-state index contributed by atoms with van der Waals surface area (Å²) in [5, 5.41) is 11.8. The van der Waals surface area contributed by atoms with Gasteiger partial charge in [-0.25, -0.2) is 0 Å². The van der Waals surface area contributed by atoms with E-state index < -0.39 is 5.60 Å². The molecule has 1 unspecified atom stereocenters. The summed E-state index contributed by atoms with van der Waals surface area (Å²) < 4.78 is 0. The first-order valence-corrected chi connectivity index (χ1v) is 8.23. The van der Waals surface area contributed by atoms with Crippen LogP contribution in [-0.2, 0) is 0 Å². The van der Waals surface area contributed by atoms with Gasteiger partial charge in [-0.2, -0.15) is 0 Å². The molecule has 2 N–H and O–H groups in total. The lowest BCUT2D eigenvalue weighted by molar-refractivity contribution is 0.0280. The summed E-state index contributed by atoms with van der Waals surface area (Å²) in [5.74, 6) is 0.222. The highest BCUT2D eigenvalue weighted by Crippen LogP contribution is 2.45. The smallest absolute Gasteiger partial charge is 0.270 e. The molecule has 1 saturated heterocycles. The number of H-pyrrole nitrogens is 1. The highest BCUT2D eigenvalue weighted by Gasteiger charge is 2.49. The first-order valence-electron chi connectivity index (χ1n) is 7.86. The number of nitrogens with zero attached hydrogens (tertiary/aromatic N) is 1. The number of hydrogen-bond donors (Lipinski definition) is 2. The predicted octanol–water partition coefficient (Wildman–Crippen LogP) is 3.20. The molecule has 2 fully saturated rings. The lowest BCUT2D eigenvalue weighted by Crippen LogP contribution is -2.44. The monoisotopic (exact) mass is 318 g/mol. The summed E-state index contributed by atoms with van der Waals surface area (Å²) >= 11 is 6.17. The van der Waals surface area contributed by atoms with Crippen LogP contribution in [0.1, 0.15) is 36.2 Å². The number of benzene rings is 1. The Kier molecular flexibility index (Phi) is 3.20. The Morgan fingerprint density at radius 1 is 1.41 bits per heavy atom. The zero-order valence-corrected chi connectivity index (χ0v) is 13.1. The molecular formula is C17H19ClN2O2. The van der Waals surface area contributed by atoms with Crippen LogP contribution in [0.5, 0.6) is 0 Å². The van der Waals surface area contributed by atoms with Crippen molar-refractivity contribution in [3.05, 3.63) is 35.0 Å². The molecular weight excluding hydrogens is 300 g/mol. The van der Waals surface area contributed by atoms with E-state index in [1.165, 1.54) is 0 Å². The second-order valence-electron chi connectivity index (χ2n) is 6.58. The lowest BCUT2D eigenvalue weighted by Gasteiger charge is -2.35. The quantitative estimate of drug-likeness (QED) is 0.893. The van der Waals surface area contributed by atoms with Crippen molar-refractivity contribution in [2.24, 2.45) is 5.92 Å². The number of aliphatic hydroxyl groups is 1. The molecule has 1 saturated carbocycles. The maximum Gasteiger partial charge on any atom is 0.270 e. The normalized spacial score (nSPS) is 23.7. The fourth-order valence-electron chi connectivity index (χ4n) is 3.54. The van der Waals surface area contributed by atoms with Crippen LogP contribution in [-0.4, -0.2) is 39.6 Å². The van der Waals surface area contributed by atoms with E-state index in [0.29, 0.717) is 17.3 Å². The van der Waals surface area contributed by atoms with Crippen LogP contribution in [0.15, 0.2) is 24.3 Å². The summed E-state index contributed by atoms with van der Waals surface area (Å²) in [7, 11) is 0. The Hall–Kier alpha value is -1.52. The average Bonchev–Trinajstić information content (AvgIpc) is 3.12. The standard InChI is InChI=1S/C17H19ClN2O2/c18-13-4-1-5-14-12(13)9-15(19-14)16(21)20-8-2-3-11(10-20)17(22)6-7-17/h1,4-5,9,11,19,22H,2-3,6-8,10H2. The van der Waals surface area contributed by atoms with Crippen LogP contribution >= 0.6 is 11.6 Å². The molecule has 2 aliphatic rings. The van der Waals surface area contributed by atoms with Crippen LogP contribution in [0.3, 0.4) is 0 Å². The number of rotatable bonds is 2. The number of halogens is 1. The topological polar surface area (TPSA) is 56.3 Å². The van der Waals surface area contributed by atoms with Gasteiger partial charge in [0.05, 0.1) is 5.60 Å². The third-order valence-corrected chi connectivity index (χ3v) is 5.40. The number of carbonyl (C=O) groups excluding carboxylic acids is 1. The third-order valence-electron chi connectivity index (χ3n) is 5.07. The lowest BCUT2D eigenvalue weighted by atomic mass is 9.90. The maximum atomic E-state index is 12.7. The van der Waals surface area contributed by atoms with Gasteiger partial charge in [0, 0.05) is 34.9 Å². The molecule has 1 amide bonds. The molecule has 1 aromatic carbocycles. The van der Waals surface area contributed by atoms with Crippen LogP contribution in [0.25, 0.3) is 10.9 Å². The van der Waals surface area contributed by atoms with Crippen LogP contribution < -0.4 is 0 Å². The van der Waals surface area contributed by atoms with E-state index in [1.54, 1.807) is 0 Å². The van der Waals surface area contributed by atoms with Crippen LogP contribution in [0, 0.1) is 5.92 Å². The minimum atomic E-state index is -0.511. The molecule has 1 aliphatic heterocycles. The van der Waals surface area contributed by atoms with E-state index in [2.05, 4.69) is 4.98 Å². The number of hydrogen-bond acceptors (Lipinski definition) is 2. The van der Waals surface area contributed by atoms with Gasteiger partial charge in [0.15, 0.2) is 0 Å². The predicted molar refractivity (Wildman–Crippen MR) is 86.1 cm³/mol. The second kappa shape index (κ2) is 5.00. The molecule has 22 heavy (non-hydrogen) atoms. The number of aromatic amines is 1. The Balaban J connectivity index is 1.58. The average molecular weight is 319 g/mol. The first kappa shape index (κ1) is 14.1. The molecule has 2 aromatic rings. The van der Waals surface area contributed by atoms with Gasteiger partial charge in [-0.05, 0) is 43.9 Å². The minimum absolute atomic E-state index is 0.00113. The van der Waals surface area contributed by atoms with Crippen molar-refractivity contribution >= 4 is 28.4 Å². The Morgan fingerprint density at radius 3 is 2.95 bits per heavy atom. The summed E-state index contributed by atoms with van der Waals surface area (Å²) in [6.45, 7) is 1.41. The van der Waals surface area contributed by atoms with E-state index in [4.69, 9.17) is 11.6 Å². The van der Waals surface area contributed by atoms with Crippen molar-refractivity contribution in [3.8, 4) is 0 Å². The summed E-state index contributed by atoms with van der Waals surface area (Å²) in [5.41, 5.74) is 0.944. The molecule has 2 heterocycles. The van der Waals surface area contributed by atoms with Gasteiger partial charge in [0.2, 0.25) is 0 Å². The van der Waals surface area contributed by atoms with Crippen molar-refractivity contribution < 1.29 is 9.90 Å². The maximum absolute atomic E-state index is 12.7. The van der Waals surface area contributed by atoms with Gasteiger partial charge in [0.25, 0.3) is 5.91 Å². The molecule has 0 radical (unpaired) electrons. The highest BCUT2D eigenvalue weighted by molar-refractivity contribution is 6.35. The van der Waals surface area contributed by atoms with Gasteiger partial charge in [0.1, 0.15) is 5.69 Å². The largest absolute Gasteiger partial charge is 0.390 e. The fraction of sp³-hybridized carbons (Fsp3) is 0.471. The number of piperidine rings is 1. The Bertz CT molecular complexity index is 735. The Morgan fingerprint density at radius 2 is 2.23 bits per heavy atom. The summed E-state index contributed by atoms with van der Waals surface area (Å²) in [4.78, 5) is 17.8. The molecule has 4 rings (SSSR count). The third kappa shape index (κ3) is 2.31. The van der Waals surface area contributed by atoms with Gasteiger partial charge in [-0.1, -0.05) is 17.7 Å². The van der Waals surface area contributed by atoms with E-state index >= 15 is 0 Å². The number of carbonyl (C=O) groups is 1. The molecule has 1 aliphatic carbocycles. The second-order valence-corrected chi connectivity index (χ2v) is 6.99. The van der Waals surface area contributed by atoms with E-state index in [-0.39, 0.29) is 11.8 Å². The minimum Gasteiger partial charge on any atom is -0.390 e. The van der Waals surface area contributed by atoms with Gasteiger partial charge < -0.3 is 15.0 Å². The summed E-state index contributed by atoms with van der Waals surface area (Å²) in [6, 6.07) is 7.44. The summed E-state index contributed by atoms with van der Waals surface area (Å²) in [6.07, 6.45) is 3.72. The molecule has 4 nitrogen and oxygen atoms in total. The molecule has 116 valence electrons. The van der Waals surface area contributed by atoms with Crippen molar-refractivity contribution in [3.63, 3.8) is 0 Å². The molecule has 1 atom stereocenters. The van der Waals surface area contributed by atoms with Gasteiger partial charge in [-0.15, -0.1) is 0 Å². The number of nitrogens with one attached hydrogen (secondary N) is 1. The number of aromatic nitrogens is 1. The van der Waals surface area contributed by atoms with E-state index in [0.717, 1.165) is 43.1 Å². The van der Waals surface area contributed by atoms with E-state index in [9.17, 15) is 9.90 Å².